The van der Waals surface area contributed by atoms with Crippen LogP contribution in [0.5, 0.6) is 0 Å². The third-order valence-electron chi connectivity index (χ3n) is 17.6. The van der Waals surface area contributed by atoms with Gasteiger partial charge in [-0.3, -0.25) is 0 Å². The lowest BCUT2D eigenvalue weighted by molar-refractivity contribution is 0.665. The number of benzene rings is 13. The molecule has 0 radical (unpaired) electrons. The van der Waals surface area contributed by atoms with Crippen molar-refractivity contribution in [2.24, 2.45) is 0 Å². The summed E-state index contributed by atoms with van der Waals surface area (Å²) in [5.74, 6) is 0. The molecule has 0 N–H and O–H groups in total. The molecular weight excluding hydrogens is 999 g/mol. The second kappa shape index (κ2) is 17.7. The van der Waals surface area contributed by atoms with Crippen molar-refractivity contribution in [3.63, 3.8) is 0 Å². The maximum absolute atomic E-state index is 7.10. The smallest absolute Gasteiger partial charge is 0.159 e. The highest BCUT2D eigenvalue weighted by Crippen LogP contribution is 2.67. The summed E-state index contributed by atoms with van der Waals surface area (Å²) in [6.07, 6.45) is 0. The SMILES string of the molecule is Cc1cccc2c1oc1c(N(c3ccccc3)c3cc4c(c5ccccc35)-c3c(cc(N(c5ccccc5)c5cccc6c5oc5c(C)cccc56)c5ccccc35)C43c4ccccc4N(c4ccccc4)c4ccccc43)cccc12. The lowest BCUT2D eigenvalue weighted by Crippen LogP contribution is -2.36. The predicted molar refractivity (Wildman–Crippen MR) is 340 cm³/mol. The first kappa shape index (κ1) is 46.3. The van der Waals surface area contributed by atoms with Crippen LogP contribution in [-0.2, 0) is 5.41 Å². The van der Waals surface area contributed by atoms with E-state index < -0.39 is 5.41 Å². The normalized spacial score (nSPS) is 13.1. The lowest BCUT2D eigenvalue weighted by Gasteiger charge is -2.45. The molecule has 1 aliphatic carbocycles. The molecule has 17 rings (SSSR count). The van der Waals surface area contributed by atoms with Gasteiger partial charge in [0.15, 0.2) is 11.2 Å². The van der Waals surface area contributed by atoms with E-state index >= 15 is 0 Å². The maximum atomic E-state index is 7.10. The molecule has 0 saturated carbocycles. The monoisotopic (exact) mass is 1050 g/mol. The molecule has 0 fully saturated rings. The third-order valence-corrected chi connectivity index (χ3v) is 17.6. The summed E-state index contributed by atoms with van der Waals surface area (Å²) in [7, 11) is 0. The van der Waals surface area contributed by atoms with Gasteiger partial charge in [-0.25, -0.2) is 0 Å². The second-order valence-electron chi connectivity index (χ2n) is 21.9. The molecule has 1 spiro atoms. The summed E-state index contributed by atoms with van der Waals surface area (Å²) in [5, 5.41) is 8.98. The zero-order valence-electron chi connectivity index (χ0n) is 45.1. The Kier molecular flexibility index (Phi) is 9.99. The molecule has 0 amide bonds. The van der Waals surface area contributed by atoms with Gasteiger partial charge in [-0.1, -0.05) is 200 Å². The molecule has 82 heavy (non-hydrogen) atoms. The molecule has 5 heteroatoms. The molecule has 13 aromatic carbocycles. The van der Waals surface area contributed by atoms with E-state index in [1.54, 1.807) is 0 Å². The summed E-state index contributed by atoms with van der Waals surface area (Å²) < 4.78 is 14.2. The van der Waals surface area contributed by atoms with Gasteiger partial charge in [0.05, 0.1) is 39.5 Å². The Labute approximate surface area is 474 Å². The largest absolute Gasteiger partial charge is 0.454 e. The Morgan fingerprint density at radius 1 is 0.293 bits per heavy atom. The summed E-state index contributed by atoms with van der Waals surface area (Å²) in [4.78, 5) is 7.37. The van der Waals surface area contributed by atoms with E-state index in [1.807, 2.05) is 0 Å². The Morgan fingerprint density at radius 3 is 1.10 bits per heavy atom. The fourth-order valence-electron chi connectivity index (χ4n) is 14.3. The molecule has 2 aromatic heterocycles. The van der Waals surface area contributed by atoms with Gasteiger partial charge < -0.3 is 23.5 Å². The van der Waals surface area contributed by atoms with Gasteiger partial charge in [-0.15, -0.1) is 0 Å². The number of aryl methyl sites for hydroxylation is 2. The van der Waals surface area contributed by atoms with Gasteiger partial charge in [0.25, 0.3) is 0 Å². The minimum atomic E-state index is -0.879. The van der Waals surface area contributed by atoms with Gasteiger partial charge in [0.1, 0.15) is 11.2 Å². The average molecular weight is 1050 g/mol. The Bertz CT molecular complexity index is 4800. The fourth-order valence-corrected chi connectivity index (χ4v) is 14.3. The summed E-state index contributed by atoms with van der Waals surface area (Å²) >= 11 is 0. The lowest BCUT2D eigenvalue weighted by atomic mass is 9.64. The molecular formula is C77H51N3O2. The Morgan fingerprint density at radius 2 is 0.646 bits per heavy atom. The van der Waals surface area contributed by atoms with E-state index in [9.17, 15) is 0 Å². The quantitative estimate of drug-likeness (QED) is 0.159. The maximum Gasteiger partial charge on any atom is 0.159 e. The molecule has 0 atom stereocenters. The first-order valence-electron chi connectivity index (χ1n) is 28.3. The molecule has 0 saturated heterocycles. The van der Waals surface area contributed by atoms with Crippen molar-refractivity contribution in [1.29, 1.82) is 0 Å². The number of hydrogen-bond acceptors (Lipinski definition) is 5. The van der Waals surface area contributed by atoms with Gasteiger partial charge in [-0.2, -0.15) is 0 Å². The molecule has 15 aromatic rings. The Hall–Kier alpha value is -10.6. The summed E-state index contributed by atoms with van der Waals surface area (Å²) in [6, 6.07) is 100. The predicted octanol–water partition coefficient (Wildman–Crippen LogP) is 21.5. The van der Waals surface area contributed by atoms with Crippen LogP contribution in [0, 0.1) is 13.8 Å². The van der Waals surface area contributed by atoms with E-state index in [4.69, 9.17) is 8.83 Å². The van der Waals surface area contributed by atoms with E-state index in [0.717, 1.165) is 117 Å². The number of rotatable bonds is 7. The van der Waals surface area contributed by atoms with Crippen molar-refractivity contribution in [1.82, 2.24) is 0 Å². The van der Waals surface area contributed by atoms with Crippen LogP contribution >= 0.6 is 0 Å². The summed E-state index contributed by atoms with van der Waals surface area (Å²) in [6.45, 7) is 4.27. The van der Waals surface area contributed by atoms with Crippen LogP contribution in [0.25, 0.3) is 76.5 Å². The van der Waals surface area contributed by atoms with Crippen LogP contribution in [0.4, 0.5) is 51.2 Å². The van der Waals surface area contributed by atoms with Crippen LogP contribution in [0.15, 0.2) is 282 Å². The van der Waals surface area contributed by atoms with Crippen molar-refractivity contribution in [3.05, 3.63) is 306 Å². The molecule has 5 nitrogen and oxygen atoms in total. The highest BCUT2D eigenvalue weighted by atomic mass is 16.3. The second-order valence-corrected chi connectivity index (χ2v) is 21.9. The van der Waals surface area contributed by atoms with Crippen molar-refractivity contribution in [2.45, 2.75) is 19.3 Å². The molecule has 2 aliphatic rings. The van der Waals surface area contributed by atoms with E-state index in [-0.39, 0.29) is 0 Å². The number of furan rings is 2. The molecule has 3 heterocycles. The van der Waals surface area contributed by atoms with Crippen LogP contribution < -0.4 is 14.7 Å². The Balaban J connectivity index is 1.04. The van der Waals surface area contributed by atoms with E-state index in [0.29, 0.717) is 0 Å². The standard InChI is InChI=1S/C77H51N3O2/c1-48-24-20-36-57-59-38-22-44-67(75(59)81-73(48)57)79(51-28-8-4-9-29-51)69-46-63-71(55-34-14-12-32-53(55)69)72-56-35-15-13-33-54(56)70(80(52-30-10-5-11-31-52)68-45-23-39-60-58-37-21-25-49(2)74(58)82-76(60)68)47-64(72)77(63)61-40-16-18-42-65(61)78(50-26-6-3-7-27-50)66-43-19-17-41-62(66)77/h3-47H,1-2H3. The third kappa shape index (κ3) is 6.39. The van der Waals surface area contributed by atoms with Crippen molar-refractivity contribution >= 4 is 117 Å². The number of anilines is 9. The zero-order chi connectivity index (χ0) is 54.2. The van der Waals surface area contributed by atoms with E-state index in [1.165, 1.54) is 44.2 Å². The first-order chi connectivity index (χ1) is 40.6. The average Bonchev–Trinajstić information content (AvgIpc) is 4.28. The number of fused-ring (bicyclic) bond motifs is 19. The minimum absolute atomic E-state index is 0.844. The number of para-hydroxylation sites is 9. The van der Waals surface area contributed by atoms with Gasteiger partial charge in [0.2, 0.25) is 0 Å². The van der Waals surface area contributed by atoms with E-state index in [2.05, 4.69) is 302 Å². The fraction of sp³-hybridized carbons (Fsp3) is 0.0390. The van der Waals surface area contributed by atoms with Crippen molar-refractivity contribution in [3.8, 4) is 11.1 Å². The van der Waals surface area contributed by atoms with Crippen molar-refractivity contribution in [2.75, 3.05) is 14.7 Å². The van der Waals surface area contributed by atoms with Gasteiger partial charge in [-0.05, 0) is 142 Å². The topological polar surface area (TPSA) is 36.0 Å². The van der Waals surface area contributed by atoms with Gasteiger partial charge in [0, 0.05) is 49.4 Å². The first-order valence-corrected chi connectivity index (χ1v) is 28.3. The van der Waals surface area contributed by atoms with Gasteiger partial charge >= 0.3 is 0 Å². The molecule has 386 valence electrons. The highest BCUT2D eigenvalue weighted by Gasteiger charge is 2.53. The number of hydrogen-bond donors (Lipinski definition) is 0. The van der Waals surface area contributed by atoms with Crippen LogP contribution in [-0.4, -0.2) is 0 Å². The molecule has 1 aliphatic heterocycles. The molecule has 0 bridgehead atoms. The minimum Gasteiger partial charge on any atom is -0.454 e. The summed E-state index contributed by atoms with van der Waals surface area (Å²) in [5.41, 5.74) is 21.5. The zero-order valence-corrected chi connectivity index (χ0v) is 45.1. The van der Waals surface area contributed by atoms with Crippen LogP contribution in [0.1, 0.15) is 33.4 Å². The molecule has 0 unspecified atom stereocenters. The van der Waals surface area contributed by atoms with Crippen molar-refractivity contribution < 1.29 is 8.83 Å². The number of nitrogens with zero attached hydrogens (tertiary/aromatic N) is 3. The van der Waals surface area contributed by atoms with Crippen LogP contribution in [0.3, 0.4) is 0 Å². The highest BCUT2D eigenvalue weighted by molar-refractivity contribution is 6.21. The van der Waals surface area contributed by atoms with Crippen LogP contribution in [0.2, 0.25) is 0 Å².